The largest absolute Gasteiger partial charge is 0.325 e. The topological polar surface area (TPSA) is 112 Å². The number of imidazole rings is 1. The van der Waals surface area contributed by atoms with Crippen LogP contribution in [0.25, 0.3) is 16.9 Å². The molecular formula is C21H17N5O4. The molecular weight excluding hydrogens is 386 g/mol. The number of aromatic nitrogens is 3. The monoisotopic (exact) mass is 403 g/mol. The summed E-state index contributed by atoms with van der Waals surface area (Å²) in [5.41, 5.74) is 3.46. The summed E-state index contributed by atoms with van der Waals surface area (Å²) in [7, 11) is 0. The third-order valence-electron chi connectivity index (χ3n) is 4.63. The van der Waals surface area contributed by atoms with E-state index in [4.69, 9.17) is 0 Å². The Kier molecular flexibility index (Phi) is 4.85. The summed E-state index contributed by atoms with van der Waals surface area (Å²) in [4.78, 5) is 39.0. The highest BCUT2D eigenvalue weighted by Gasteiger charge is 2.11. The molecule has 0 saturated carbocycles. The molecule has 0 spiro atoms. The van der Waals surface area contributed by atoms with Crippen LogP contribution in [0, 0.1) is 17.0 Å². The zero-order valence-corrected chi connectivity index (χ0v) is 16.0. The van der Waals surface area contributed by atoms with Crippen molar-refractivity contribution in [3.63, 3.8) is 0 Å². The maximum Gasteiger partial charge on any atom is 0.285 e. The van der Waals surface area contributed by atoms with Crippen molar-refractivity contribution in [2.24, 2.45) is 0 Å². The van der Waals surface area contributed by atoms with E-state index in [1.165, 1.54) is 0 Å². The Bertz CT molecular complexity index is 1320. The first-order chi connectivity index (χ1) is 14.4. The van der Waals surface area contributed by atoms with E-state index < -0.39 is 16.4 Å². The summed E-state index contributed by atoms with van der Waals surface area (Å²) >= 11 is 0. The molecule has 1 amide bonds. The lowest BCUT2D eigenvalue weighted by Crippen LogP contribution is -2.26. The van der Waals surface area contributed by atoms with Crippen LogP contribution < -0.4 is 10.9 Å². The summed E-state index contributed by atoms with van der Waals surface area (Å²) in [5, 5.41) is 13.5. The minimum Gasteiger partial charge on any atom is -0.325 e. The number of anilines is 1. The molecule has 0 fully saturated rings. The number of pyridine rings is 2. The van der Waals surface area contributed by atoms with Crippen molar-refractivity contribution in [2.45, 2.75) is 13.5 Å². The summed E-state index contributed by atoms with van der Waals surface area (Å²) in [5.74, 6) is -0.464. The van der Waals surface area contributed by atoms with E-state index in [9.17, 15) is 19.7 Å². The van der Waals surface area contributed by atoms with Gasteiger partial charge in [0, 0.05) is 35.8 Å². The lowest BCUT2D eigenvalue weighted by atomic mass is 10.1. The Morgan fingerprint density at radius 3 is 2.60 bits per heavy atom. The number of aryl methyl sites for hydroxylation is 1. The van der Waals surface area contributed by atoms with Gasteiger partial charge in [0.2, 0.25) is 5.91 Å². The lowest BCUT2D eigenvalue weighted by Gasteiger charge is -2.08. The van der Waals surface area contributed by atoms with Crippen LogP contribution in [-0.4, -0.2) is 24.8 Å². The van der Waals surface area contributed by atoms with Crippen molar-refractivity contribution in [1.82, 2.24) is 14.0 Å². The molecule has 30 heavy (non-hydrogen) atoms. The zero-order chi connectivity index (χ0) is 21.3. The first kappa shape index (κ1) is 19.1. The van der Waals surface area contributed by atoms with Crippen LogP contribution in [-0.2, 0) is 11.3 Å². The Hall–Kier alpha value is -4.27. The van der Waals surface area contributed by atoms with E-state index in [0.717, 1.165) is 45.4 Å². The highest BCUT2D eigenvalue weighted by atomic mass is 16.6. The average Bonchev–Trinajstić information content (AvgIpc) is 3.16. The minimum atomic E-state index is -0.618. The molecule has 150 valence electrons. The second kappa shape index (κ2) is 7.63. The lowest BCUT2D eigenvalue weighted by molar-refractivity contribution is -0.385. The average molecular weight is 403 g/mol. The van der Waals surface area contributed by atoms with E-state index in [1.54, 1.807) is 12.1 Å². The number of amides is 1. The molecule has 3 aromatic heterocycles. The van der Waals surface area contributed by atoms with Crippen molar-refractivity contribution in [3.8, 4) is 11.3 Å². The van der Waals surface area contributed by atoms with Gasteiger partial charge in [-0.2, -0.15) is 0 Å². The normalized spacial score (nSPS) is 10.8. The molecule has 0 aliphatic carbocycles. The first-order valence-electron chi connectivity index (χ1n) is 9.10. The van der Waals surface area contributed by atoms with Crippen LogP contribution >= 0.6 is 0 Å². The van der Waals surface area contributed by atoms with Crippen molar-refractivity contribution in [1.29, 1.82) is 0 Å². The van der Waals surface area contributed by atoms with Gasteiger partial charge in [0.05, 0.1) is 16.8 Å². The highest BCUT2D eigenvalue weighted by molar-refractivity contribution is 5.90. The van der Waals surface area contributed by atoms with E-state index >= 15 is 0 Å². The number of fused-ring (bicyclic) bond motifs is 1. The van der Waals surface area contributed by atoms with E-state index in [0.29, 0.717) is 5.69 Å². The fourth-order valence-corrected chi connectivity index (χ4v) is 3.12. The van der Waals surface area contributed by atoms with E-state index in [1.807, 2.05) is 48.0 Å². The maximum absolute atomic E-state index is 12.3. The van der Waals surface area contributed by atoms with Gasteiger partial charge in [-0.05, 0) is 30.7 Å². The van der Waals surface area contributed by atoms with Crippen LogP contribution in [0.2, 0.25) is 0 Å². The van der Waals surface area contributed by atoms with Gasteiger partial charge in [-0.3, -0.25) is 24.3 Å². The molecule has 0 saturated heterocycles. The molecule has 0 aliphatic rings. The molecule has 0 bridgehead atoms. The standard InChI is InChI=1S/C21H17N5O4/c1-14-3-2-10-24-12-18(23-21(14)24)15-4-6-16(7-5-15)22-19(27)13-25-11-17(26(29)30)8-9-20(25)28/h2-12H,13H2,1H3,(H,22,27). The van der Waals surface area contributed by atoms with Crippen LogP contribution in [0.1, 0.15) is 5.56 Å². The Morgan fingerprint density at radius 2 is 1.90 bits per heavy atom. The second-order valence-electron chi connectivity index (χ2n) is 6.78. The minimum absolute atomic E-state index is 0.255. The summed E-state index contributed by atoms with van der Waals surface area (Å²) in [6.07, 6.45) is 4.92. The molecule has 0 radical (unpaired) electrons. The van der Waals surface area contributed by atoms with E-state index in [-0.39, 0.29) is 12.2 Å². The summed E-state index contributed by atoms with van der Waals surface area (Å²) < 4.78 is 2.96. The van der Waals surface area contributed by atoms with Crippen LogP contribution in [0.15, 0.2) is 71.9 Å². The third kappa shape index (κ3) is 3.81. The van der Waals surface area contributed by atoms with Crippen LogP contribution in [0.3, 0.4) is 0 Å². The number of nitro groups is 1. The predicted molar refractivity (Wildman–Crippen MR) is 111 cm³/mol. The van der Waals surface area contributed by atoms with Gasteiger partial charge in [0.15, 0.2) is 0 Å². The summed E-state index contributed by atoms with van der Waals surface area (Å²) in [6, 6.07) is 13.3. The number of hydrogen-bond donors (Lipinski definition) is 1. The third-order valence-corrected chi connectivity index (χ3v) is 4.63. The number of hydrogen-bond acceptors (Lipinski definition) is 5. The summed E-state index contributed by atoms with van der Waals surface area (Å²) in [6.45, 7) is 1.67. The maximum atomic E-state index is 12.3. The van der Waals surface area contributed by atoms with Gasteiger partial charge in [-0.1, -0.05) is 18.2 Å². The van der Waals surface area contributed by atoms with Crippen molar-refractivity contribution < 1.29 is 9.72 Å². The first-order valence-corrected chi connectivity index (χ1v) is 9.10. The number of carbonyl (C=O) groups is 1. The molecule has 0 aliphatic heterocycles. The van der Waals surface area contributed by atoms with Gasteiger partial charge in [-0.15, -0.1) is 0 Å². The highest BCUT2D eigenvalue weighted by Crippen LogP contribution is 2.22. The molecule has 4 rings (SSSR count). The van der Waals surface area contributed by atoms with Gasteiger partial charge in [0.1, 0.15) is 12.2 Å². The van der Waals surface area contributed by atoms with E-state index in [2.05, 4.69) is 10.3 Å². The number of rotatable bonds is 5. The molecule has 1 N–H and O–H groups in total. The van der Waals surface area contributed by atoms with Gasteiger partial charge >= 0.3 is 0 Å². The van der Waals surface area contributed by atoms with Crippen molar-refractivity contribution >= 4 is 22.9 Å². The van der Waals surface area contributed by atoms with Crippen molar-refractivity contribution in [3.05, 3.63) is 93.2 Å². The Labute approximate surface area is 170 Å². The fraction of sp³-hybridized carbons (Fsp3) is 0.0952. The van der Waals surface area contributed by atoms with Crippen LogP contribution in [0.5, 0.6) is 0 Å². The molecule has 9 heteroatoms. The van der Waals surface area contributed by atoms with Gasteiger partial charge < -0.3 is 9.72 Å². The van der Waals surface area contributed by atoms with Crippen LogP contribution in [0.4, 0.5) is 11.4 Å². The molecule has 1 aromatic carbocycles. The number of nitrogens with one attached hydrogen (secondary N) is 1. The number of nitrogens with zero attached hydrogens (tertiary/aromatic N) is 4. The number of benzene rings is 1. The molecule has 4 aromatic rings. The smallest absolute Gasteiger partial charge is 0.285 e. The fourth-order valence-electron chi connectivity index (χ4n) is 3.12. The van der Waals surface area contributed by atoms with Crippen molar-refractivity contribution in [2.75, 3.05) is 5.32 Å². The van der Waals surface area contributed by atoms with Gasteiger partial charge in [0.25, 0.3) is 11.2 Å². The molecule has 3 heterocycles. The quantitative estimate of drug-likeness (QED) is 0.407. The Morgan fingerprint density at radius 1 is 1.13 bits per heavy atom. The number of carbonyl (C=O) groups excluding carboxylic acids is 1. The predicted octanol–water partition coefficient (Wildman–Crippen LogP) is 3.02. The zero-order valence-electron chi connectivity index (χ0n) is 16.0. The van der Waals surface area contributed by atoms with Gasteiger partial charge in [-0.25, -0.2) is 4.98 Å². The molecule has 0 unspecified atom stereocenters. The molecule has 0 atom stereocenters. The molecule has 9 nitrogen and oxygen atoms in total. The Balaban J connectivity index is 1.49. The second-order valence-corrected chi connectivity index (χ2v) is 6.78. The SMILES string of the molecule is Cc1cccn2cc(-c3ccc(NC(=O)Cn4cc([N+](=O)[O-])ccc4=O)cc3)nc12.